The highest BCUT2D eigenvalue weighted by Crippen LogP contribution is 2.46. The summed E-state index contributed by atoms with van der Waals surface area (Å²) in [5, 5.41) is 8.15. The third kappa shape index (κ3) is 4.67. The summed E-state index contributed by atoms with van der Waals surface area (Å²) in [5.41, 5.74) is -1.50. The van der Waals surface area contributed by atoms with Crippen molar-refractivity contribution in [2.75, 3.05) is 10.6 Å². The van der Waals surface area contributed by atoms with Crippen LogP contribution < -0.4 is 10.6 Å². The average Bonchev–Trinajstić information content (AvgIpc) is 3.10. The first-order chi connectivity index (χ1) is 15.9. The molecule has 0 radical (unpaired) electrons. The molecule has 0 fully saturated rings. The molecule has 5 nitrogen and oxygen atoms in total. The summed E-state index contributed by atoms with van der Waals surface area (Å²) >= 11 is 12.1. The van der Waals surface area contributed by atoms with Crippen LogP contribution in [0, 0.1) is 0 Å². The lowest BCUT2D eigenvalue weighted by Gasteiger charge is -2.33. The summed E-state index contributed by atoms with van der Waals surface area (Å²) < 4.78 is 81.1. The highest BCUT2D eigenvalue weighted by Gasteiger charge is 2.48. The molecule has 1 amide bonds. The molecule has 1 aromatic heterocycles. The normalized spacial score (nSPS) is 18.2. The number of fused-ring (bicyclic) bond motifs is 1. The van der Waals surface area contributed by atoms with Crippen LogP contribution >= 0.6 is 23.2 Å². The Bertz CT molecular complexity index is 1230. The maximum absolute atomic E-state index is 13.9. The summed E-state index contributed by atoms with van der Waals surface area (Å²) in [6, 6.07) is 7.75. The maximum atomic E-state index is 13.9. The van der Waals surface area contributed by atoms with Gasteiger partial charge in [0.25, 0.3) is 5.91 Å². The number of nitrogens with zero attached hydrogens (tertiary/aromatic N) is 2. The van der Waals surface area contributed by atoms with E-state index in [1.54, 1.807) is 30.3 Å². The van der Waals surface area contributed by atoms with Gasteiger partial charge in [-0.05, 0) is 23.8 Å². The molecule has 180 valence electrons. The summed E-state index contributed by atoms with van der Waals surface area (Å²) in [4.78, 5) is 12.8. The van der Waals surface area contributed by atoms with Crippen LogP contribution in [0.5, 0.6) is 0 Å². The van der Waals surface area contributed by atoms with Gasteiger partial charge in [-0.15, -0.1) is 0 Å². The minimum Gasteiger partial charge on any atom is -0.362 e. The van der Waals surface area contributed by atoms with E-state index in [-0.39, 0.29) is 10.8 Å². The van der Waals surface area contributed by atoms with Gasteiger partial charge in [-0.3, -0.25) is 4.79 Å². The van der Waals surface area contributed by atoms with Crippen LogP contribution in [-0.4, -0.2) is 21.9 Å². The van der Waals surface area contributed by atoms with Gasteiger partial charge in [-0.1, -0.05) is 53.5 Å². The molecule has 4 rings (SSSR count). The van der Waals surface area contributed by atoms with E-state index in [2.05, 4.69) is 15.7 Å². The summed E-state index contributed by atoms with van der Waals surface area (Å²) in [5.74, 6) is -1.35. The van der Waals surface area contributed by atoms with Gasteiger partial charge in [0, 0.05) is 6.42 Å². The number of amides is 1. The Morgan fingerprint density at radius 1 is 1.06 bits per heavy atom. The van der Waals surface area contributed by atoms with E-state index >= 15 is 0 Å². The monoisotopic (exact) mass is 522 g/mol. The van der Waals surface area contributed by atoms with E-state index in [0.717, 1.165) is 12.1 Å². The molecule has 2 N–H and O–H groups in total. The number of rotatable bonds is 3. The fourth-order valence-corrected chi connectivity index (χ4v) is 4.05. The number of anilines is 2. The predicted molar refractivity (Wildman–Crippen MR) is 114 cm³/mol. The Labute approximate surface area is 198 Å². The standard InChI is InChI=1S/C21H14Cl2F6N4O/c22-12-7-6-11(20(24,25)26)8-14(12)31-19(34)17-16(23)18-30-13(10-4-2-1-3-5-10)9-15(21(27,28)29)33(18)32-17/h1-8,13,15,30H,9H2,(H,31,34)/t13-,15+/m0/s1. The lowest BCUT2D eigenvalue weighted by molar-refractivity contribution is -0.173. The largest absolute Gasteiger partial charge is 0.416 e. The van der Waals surface area contributed by atoms with Crippen molar-refractivity contribution in [3.8, 4) is 0 Å². The summed E-state index contributed by atoms with van der Waals surface area (Å²) in [7, 11) is 0. The van der Waals surface area contributed by atoms with Crippen LogP contribution in [-0.2, 0) is 6.18 Å². The first-order valence-electron chi connectivity index (χ1n) is 9.70. The minimum atomic E-state index is -4.71. The number of halogens is 8. The maximum Gasteiger partial charge on any atom is 0.416 e. The van der Waals surface area contributed by atoms with Gasteiger partial charge in [0.1, 0.15) is 10.8 Å². The number of hydrogen-bond donors (Lipinski definition) is 2. The molecule has 1 aliphatic rings. The van der Waals surface area contributed by atoms with Crippen molar-refractivity contribution in [2.45, 2.75) is 30.9 Å². The van der Waals surface area contributed by atoms with E-state index < -0.39 is 58.7 Å². The molecular formula is C21H14Cl2F6N4O. The van der Waals surface area contributed by atoms with E-state index in [1.165, 1.54) is 0 Å². The van der Waals surface area contributed by atoms with Crippen molar-refractivity contribution in [3.05, 3.63) is 75.4 Å². The molecule has 0 bridgehead atoms. The predicted octanol–water partition coefficient (Wildman–Crippen LogP) is 7.12. The van der Waals surface area contributed by atoms with Crippen LogP contribution in [0.2, 0.25) is 10.0 Å². The van der Waals surface area contributed by atoms with Crippen LogP contribution in [0.1, 0.15) is 40.1 Å². The van der Waals surface area contributed by atoms with E-state index in [1.807, 2.05) is 0 Å². The molecular weight excluding hydrogens is 509 g/mol. The van der Waals surface area contributed by atoms with E-state index in [9.17, 15) is 31.1 Å². The van der Waals surface area contributed by atoms with E-state index in [4.69, 9.17) is 23.2 Å². The molecule has 0 saturated heterocycles. The Kier molecular flexibility index (Phi) is 6.19. The van der Waals surface area contributed by atoms with Crippen LogP contribution in [0.4, 0.5) is 37.8 Å². The summed E-state index contributed by atoms with van der Waals surface area (Å²) in [6.45, 7) is 0. The smallest absolute Gasteiger partial charge is 0.362 e. The van der Waals surface area contributed by atoms with Gasteiger partial charge in [0.15, 0.2) is 11.7 Å². The number of carbonyl (C=O) groups excluding carboxylic acids is 1. The lowest BCUT2D eigenvalue weighted by Crippen LogP contribution is -2.35. The lowest BCUT2D eigenvalue weighted by atomic mass is 9.97. The highest BCUT2D eigenvalue weighted by molar-refractivity contribution is 6.37. The molecule has 2 aromatic carbocycles. The van der Waals surface area contributed by atoms with Crippen LogP contribution in [0.15, 0.2) is 48.5 Å². The molecule has 0 saturated carbocycles. The number of hydrogen-bond acceptors (Lipinski definition) is 3. The molecule has 2 heterocycles. The van der Waals surface area contributed by atoms with Gasteiger partial charge in [-0.2, -0.15) is 31.4 Å². The number of benzene rings is 2. The molecule has 34 heavy (non-hydrogen) atoms. The number of carbonyl (C=O) groups is 1. The molecule has 2 atom stereocenters. The second-order valence-electron chi connectivity index (χ2n) is 7.50. The van der Waals surface area contributed by atoms with Crippen molar-refractivity contribution in [3.63, 3.8) is 0 Å². The Morgan fingerprint density at radius 2 is 1.74 bits per heavy atom. The minimum absolute atomic E-state index is 0.211. The van der Waals surface area contributed by atoms with Gasteiger partial charge in [0.2, 0.25) is 0 Å². The van der Waals surface area contributed by atoms with Crippen molar-refractivity contribution in [2.24, 2.45) is 0 Å². The first-order valence-corrected chi connectivity index (χ1v) is 10.5. The molecule has 0 spiro atoms. The second-order valence-corrected chi connectivity index (χ2v) is 8.29. The number of nitrogens with one attached hydrogen (secondary N) is 2. The van der Waals surface area contributed by atoms with Crippen molar-refractivity contribution < 1.29 is 31.1 Å². The van der Waals surface area contributed by atoms with Gasteiger partial charge in [0.05, 0.1) is 22.3 Å². The first kappa shape index (κ1) is 24.2. The van der Waals surface area contributed by atoms with Gasteiger partial charge in [-0.25, -0.2) is 4.68 Å². The summed E-state index contributed by atoms with van der Waals surface area (Å²) in [6.07, 6.45) is -9.83. The fourth-order valence-electron chi connectivity index (χ4n) is 3.62. The molecule has 1 aliphatic heterocycles. The SMILES string of the molecule is O=C(Nc1cc(C(F)(F)F)ccc1Cl)c1nn2c(c1Cl)N[C@H](c1ccccc1)C[C@@H]2C(F)(F)F. The van der Waals surface area contributed by atoms with Gasteiger partial charge >= 0.3 is 12.4 Å². The zero-order chi connectivity index (χ0) is 24.8. The highest BCUT2D eigenvalue weighted by atomic mass is 35.5. The fraction of sp³-hybridized carbons (Fsp3) is 0.238. The van der Waals surface area contributed by atoms with Gasteiger partial charge < -0.3 is 10.6 Å². The van der Waals surface area contributed by atoms with Crippen LogP contribution in [0.3, 0.4) is 0 Å². The quantitative estimate of drug-likeness (QED) is 0.360. The average molecular weight is 523 g/mol. The Hall–Kier alpha value is -2.92. The van der Waals surface area contributed by atoms with Crippen molar-refractivity contribution >= 4 is 40.6 Å². The zero-order valence-corrected chi connectivity index (χ0v) is 18.3. The number of aromatic nitrogens is 2. The van der Waals surface area contributed by atoms with Crippen LogP contribution in [0.25, 0.3) is 0 Å². The van der Waals surface area contributed by atoms with E-state index in [0.29, 0.717) is 16.3 Å². The molecule has 0 aliphatic carbocycles. The third-order valence-corrected chi connectivity index (χ3v) is 5.94. The third-order valence-electron chi connectivity index (χ3n) is 5.25. The molecule has 3 aromatic rings. The zero-order valence-electron chi connectivity index (χ0n) is 16.8. The molecule has 13 heteroatoms. The topological polar surface area (TPSA) is 59.0 Å². The second kappa shape index (κ2) is 8.70. The van der Waals surface area contributed by atoms with Crippen molar-refractivity contribution in [1.82, 2.24) is 9.78 Å². The Balaban J connectivity index is 1.70. The Morgan fingerprint density at radius 3 is 2.35 bits per heavy atom. The molecule has 0 unspecified atom stereocenters. The van der Waals surface area contributed by atoms with Crippen molar-refractivity contribution in [1.29, 1.82) is 0 Å². The number of alkyl halides is 6.